The molecule has 0 saturated heterocycles. The van der Waals surface area contributed by atoms with Crippen LogP contribution in [-0.2, 0) is 6.18 Å². The van der Waals surface area contributed by atoms with Gasteiger partial charge in [-0.2, -0.15) is 13.2 Å². The Bertz CT molecular complexity index is 1280. The summed E-state index contributed by atoms with van der Waals surface area (Å²) in [6.07, 6.45) is -0.566. The molecule has 0 spiro atoms. The van der Waals surface area contributed by atoms with Crippen LogP contribution in [0.4, 0.5) is 23.4 Å². The molecule has 1 aliphatic carbocycles. The van der Waals surface area contributed by atoms with E-state index < -0.39 is 36.1 Å². The average molecular weight is 519 g/mol. The predicted octanol–water partition coefficient (Wildman–Crippen LogP) is 4.37. The number of aromatic nitrogens is 2. The van der Waals surface area contributed by atoms with Gasteiger partial charge in [0.1, 0.15) is 17.3 Å². The zero-order valence-corrected chi connectivity index (χ0v) is 19.7. The van der Waals surface area contributed by atoms with Crippen LogP contribution in [0.3, 0.4) is 0 Å². The molecular formula is C26H26F4N4O3. The summed E-state index contributed by atoms with van der Waals surface area (Å²) in [5.41, 5.74) is 5.96. The smallest absolute Gasteiger partial charge is 0.394 e. The zero-order chi connectivity index (χ0) is 26.7. The number of rotatable bonds is 6. The van der Waals surface area contributed by atoms with Gasteiger partial charge in [0.15, 0.2) is 0 Å². The molecule has 2 aromatic carbocycles. The molecule has 1 aromatic heterocycles. The second kappa shape index (κ2) is 10.8. The molecule has 0 aliphatic heterocycles. The molecule has 1 atom stereocenters. The van der Waals surface area contributed by atoms with Gasteiger partial charge >= 0.3 is 6.18 Å². The zero-order valence-electron chi connectivity index (χ0n) is 19.7. The summed E-state index contributed by atoms with van der Waals surface area (Å²) in [4.78, 5) is 21.5. The highest BCUT2D eigenvalue weighted by molar-refractivity contribution is 5.95. The summed E-state index contributed by atoms with van der Waals surface area (Å²) in [6.45, 7) is -0.691. The van der Waals surface area contributed by atoms with E-state index >= 15 is 4.39 Å². The minimum absolute atomic E-state index is 0.0257. The van der Waals surface area contributed by atoms with Gasteiger partial charge in [-0.1, -0.05) is 18.2 Å². The number of nitrogen functional groups attached to an aromatic ring is 1. The monoisotopic (exact) mass is 518 g/mol. The number of alkyl halides is 3. The van der Waals surface area contributed by atoms with Crippen molar-refractivity contribution in [2.45, 2.75) is 49.9 Å². The first-order valence-electron chi connectivity index (χ1n) is 11.8. The number of aliphatic hydroxyl groups excluding tert-OH is 2. The molecule has 1 heterocycles. The number of nitrogens with zero attached hydrogens (tertiary/aromatic N) is 2. The largest absolute Gasteiger partial charge is 0.416 e. The number of hydrogen-bond acceptors (Lipinski definition) is 6. The van der Waals surface area contributed by atoms with Gasteiger partial charge in [-0.15, -0.1) is 0 Å². The maximum absolute atomic E-state index is 15.0. The molecule has 196 valence electrons. The minimum Gasteiger partial charge on any atom is -0.394 e. The molecule has 0 bridgehead atoms. The van der Waals surface area contributed by atoms with Crippen molar-refractivity contribution in [3.05, 3.63) is 76.9 Å². The number of benzene rings is 2. The van der Waals surface area contributed by atoms with Gasteiger partial charge in [-0.05, 0) is 55.5 Å². The van der Waals surface area contributed by atoms with Gasteiger partial charge in [0.25, 0.3) is 5.91 Å². The Morgan fingerprint density at radius 2 is 1.86 bits per heavy atom. The maximum Gasteiger partial charge on any atom is 0.416 e. The summed E-state index contributed by atoms with van der Waals surface area (Å²) in [5.74, 6) is -1.63. The highest BCUT2D eigenvalue weighted by Crippen LogP contribution is 2.34. The van der Waals surface area contributed by atoms with Crippen molar-refractivity contribution in [2.24, 2.45) is 0 Å². The summed E-state index contributed by atoms with van der Waals surface area (Å²) in [7, 11) is 0. The Kier molecular flexibility index (Phi) is 7.74. The number of halogens is 4. The van der Waals surface area contributed by atoms with Crippen molar-refractivity contribution in [2.75, 3.05) is 12.3 Å². The maximum atomic E-state index is 15.0. The third-order valence-corrected chi connectivity index (χ3v) is 6.53. The van der Waals surface area contributed by atoms with Crippen molar-refractivity contribution in [3.63, 3.8) is 0 Å². The molecule has 0 unspecified atom stereocenters. The van der Waals surface area contributed by atoms with Crippen LogP contribution in [0.25, 0.3) is 11.3 Å². The molecule has 5 N–H and O–H groups in total. The van der Waals surface area contributed by atoms with Crippen molar-refractivity contribution >= 4 is 11.7 Å². The van der Waals surface area contributed by atoms with E-state index in [4.69, 9.17) is 5.73 Å². The number of carbonyl (C=O) groups is 1. The standard InChI is InChI=1S/C26H26F4N4O3/c27-20-11-16(23-24(31)32-12-21(33-23)14-4-7-18(36)8-5-14)6-9-19(20)25(37)34-22(13-35)15-2-1-3-17(10-15)26(28,29)30/h1-3,6,9-12,14,18,22,35-36H,4-5,7-8,13H2,(H2,31,32)(H,34,37)/t14-,18+,22-/m1/s1. The van der Waals surface area contributed by atoms with E-state index in [0.717, 1.165) is 37.1 Å². The third-order valence-electron chi connectivity index (χ3n) is 6.53. The fourth-order valence-corrected chi connectivity index (χ4v) is 4.44. The van der Waals surface area contributed by atoms with Gasteiger partial charge in [-0.3, -0.25) is 4.79 Å². The molecular weight excluding hydrogens is 492 g/mol. The lowest BCUT2D eigenvalue weighted by Gasteiger charge is -2.25. The molecule has 1 saturated carbocycles. The van der Waals surface area contributed by atoms with Crippen LogP contribution in [0, 0.1) is 5.82 Å². The molecule has 1 amide bonds. The number of carbonyl (C=O) groups excluding carboxylic acids is 1. The number of anilines is 1. The van der Waals surface area contributed by atoms with Crippen LogP contribution < -0.4 is 11.1 Å². The summed E-state index contributed by atoms with van der Waals surface area (Å²) >= 11 is 0. The van der Waals surface area contributed by atoms with Crippen LogP contribution in [0.2, 0.25) is 0 Å². The number of hydrogen-bond donors (Lipinski definition) is 4. The number of amides is 1. The highest BCUT2D eigenvalue weighted by Gasteiger charge is 2.31. The predicted molar refractivity (Wildman–Crippen MR) is 128 cm³/mol. The fourth-order valence-electron chi connectivity index (χ4n) is 4.44. The lowest BCUT2D eigenvalue weighted by Crippen LogP contribution is -2.31. The molecule has 3 aromatic rings. The number of nitrogens with two attached hydrogens (primary N) is 1. The molecule has 37 heavy (non-hydrogen) atoms. The lowest BCUT2D eigenvalue weighted by atomic mass is 9.85. The van der Waals surface area contributed by atoms with E-state index in [1.165, 1.54) is 18.2 Å². The third kappa shape index (κ3) is 6.05. The van der Waals surface area contributed by atoms with E-state index in [9.17, 15) is 28.2 Å². The fraction of sp³-hybridized carbons (Fsp3) is 0.346. The van der Waals surface area contributed by atoms with Gasteiger partial charge in [-0.25, -0.2) is 14.4 Å². The Morgan fingerprint density at radius 1 is 1.14 bits per heavy atom. The molecule has 1 fully saturated rings. The quantitative estimate of drug-likeness (QED) is 0.360. The van der Waals surface area contributed by atoms with Crippen molar-refractivity contribution in [1.82, 2.24) is 15.3 Å². The number of aliphatic hydroxyl groups is 2. The van der Waals surface area contributed by atoms with Crippen LogP contribution >= 0.6 is 0 Å². The molecule has 4 rings (SSSR count). The summed E-state index contributed by atoms with van der Waals surface area (Å²) in [5, 5.41) is 21.8. The van der Waals surface area contributed by atoms with Crippen molar-refractivity contribution < 1.29 is 32.6 Å². The average Bonchev–Trinajstić information content (AvgIpc) is 2.87. The van der Waals surface area contributed by atoms with Gasteiger partial charge in [0.05, 0.1) is 41.8 Å². The first-order valence-corrected chi connectivity index (χ1v) is 11.8. The van der Waals surface area contributed by atoms with Crippen molar-refractivity contribution in [1.29, 1.82) is 0 Å². The van der Waals surface area contributed by atoms with Crippen LogP contribution in [0.5, 0.6) is 0 Å². The second-order valence-electron chi connectivity index (χ2n) is 9.06. The number of nitrogens with one attached hydrogen (secondary N) is 1. The van der Waals surface area contributed by atoms with Crippen LogP contribution in [0.1, 0.15) is 64.8 Å². The first kappa shape index (κ1) is 26.5. The SMILES string of the molecule is Nc1ncc([C@H]2CC[C@@H](O)CC2)nc1-c1ccc(C(=O)N[C@H](CO)c2cccc(C(F)(F)F)c2)c(F)c1. The normalized spacial score (nSPS) is 18.9. The van der Waals surface area contributed by atoms with E-state index in [1.807, 2.05) is 0 Å². The molecule has 0 radical (unpaired) electrons. The molecule has 7 nitrogen and oxygen atoms in total. The second-order valence-corrected chi connectivity index (χ2v) is 9.06. The van der Waals surface area contributed by atoms with E-state index in [1.54, 1.807) is 6.20 Å². The Labute approximate surface area is 210 Å². The first-order chi connectivity index (χ1) is 17.6. The van der Waals surface area contributed by atoms with E-state index in [-0.39, 0.29) is 34.7 Å². The minimum atomic E-state index is -4.59. The van der Waals surface area contributed by atoms with Gasteiger partial charge < -0.3 is 21.3 Å². The topological polar surface area (TPSA) is 121 Å². The Morgan fingerprint density at radius 3 is 2.51 bits per heavy atom. The van der Waals surface area contributed by atoms with Crippen LogP contribution in [0.15, 0.2) is 48.7 Å². The highest BCUT2D eigenvalue weighted by atomic mass is 19.4. The Hall–Kier alpha value is -3.57. The van der Waals surface area contributed by atoms with Crippen LogP contribution in [-0.4, -0.2) is 38.8 Å². The molecule has 11 heteroatoms. The lowest BCUT2D eigenvalue weighted by molar-refractivity contribution is -0.137. The van der Waals surface area contributed by atoms with E-state index in [0.29, 0.717) is 24.1 Å². The Balaban J connectivity index is 1.54. The molecule has 1 aliphatic rings. The van der Waals surface area contributed by atoms with Crippen molar-refractivity contribution in [3.8, 4) is 11.3 Å². The van der Waals surface area contributed by atoms with Gasteiger partial charge in [0.2, 0.25) is 0 Å². The van der Waals surface area contributed by atoms with Gasteiger partial charge in [0, 0.05) is 11.5 Å². The summed E-state index contributed by atoms with van der Waals surface area (Å²) < 4.78 is 54.1. The summed E-state index contributed by atoms with van der Waals surface area (Å²) in [6, 6.07) is 6.76. The van der Waals surface area contributed by atoms with E-state index in [2.05, 4.69) is 15.3 Å².